The van der Waals surface area contributed by atoms with E-state index in [9.17, 15) is 4.79 Å². The molecule has 21 heavy (non-hydrogen) atoms. The molecule has 2 aliphatic rings. The predicted octanol–water partition coefficient (Wildman–Crippen LogP) is 3.58. The van der Waals surface area contributed by atoms with Crippen molar-refractivity contribution in [2.24, 2.45) is 11.8 Å². The van der Waals surface area contributed by atoms with Crippen LogP contribution < -0.4 is 5.32 Å². The lowest BCUT2D eigenvalue weighted by Gasteiger charge is -2.34. The van der Waals surface area contributed by atoms with Crippen LogP contribution in [-0.4, -0.2) is 36.5 Å². The number of amides is 1. The average molecular weight is 294 g/mol. The van der Waals surface area contributed by atoms with Gasteiger partial charge in [-0.3, -0.25) is 4.79 Å². The molecule has 0 bridgehead atoms. The molecule has 1 amide bonds. The van der Waals surface area contributed by atoms with Crippen LogP contribution >= 0.6 is 0 Å². The zero-order valence-electron chi connectivity index (χ0n) is 14.1. The number of carbonyl (C=O) groups excluding carboxylic acids is 1. The molecule has 1 atom stereocenters. The molecule has 2 fully saturated rings. The maximum atomic E-state index is 12.4. The first-order chi connectivity index (χ1) is 10.1. The lowest BCUT2D eigenvalue weighted by molar-refractivity contribution is -0.133. The summed E-state index contributed by atoms with van der Waals surface area (Å²) in [5.41, 5.74) is 0. The third-order valence-electron chi connectivity index (χ3n) is 5.18. The fraction of sp³-hybridized carbons (Fsp3) is 0.944. The Labute approximate surface area is 130 Å². The average Bonchev–Trinajstić information content (AvgIpc) is 2.52. The molecule has 122 valence electrons. The highest BCUT2D eigenvalue weighted by molar-refractivity contribution is 5.76. The second-order valence-corrected chi connectivity index (χ2v) is 7.45. The summed E-state index contributed by atoms with van der Waals surface area (Å²) in [4.78, 5) is 14.6. The quantitative estimate of drug-likeness (QED) is 0.812. The highest BCUT2D eigenvalue weighted by atomic mass is 16.2. The highest BCUT2D eigenvalue weighted by Crippen LogP contribution is 2.28. The van der Waals surface area contributed by atoms with Crippen LogP contribution in [0.25, 0.3) is 0 Å². The number of nitrogens with zero attached hydrogens (tertiary/aromatic N) is 1. The minimum atomic E-state index is 0.412. The SMILES string of the molecule is CC(C)NCC1CCCN(C(=O)CCC2CCCCC2)C1. The fourth-order valence-electron chi connectivity index (χ4n) is 3.82. The Morgan fingerprint density at radius 2 is 1.81 bits per heavy atom. The molecule has 2 rings (SSSR count). The third-order valence-corrected chi connectivity index (χ3v) is 5.18. The van der Waals surface area contributed by atoms with E-state index in [1.807, 2.05) is 0 Å². The minimum absolute atomic E-state index is 0.412. The predicted molar refractivity (Wildman–Crippen MR) is 88.3 cm³/mol. The van der Waals surface area contributed by atoms with Crippen LogP contribution in [0.4, 0.5) is 0 Å². The standard InChI is InChI=1S/C18H34N2O/c1-15(2)19-13-17-9-6-12-20(14-17)18(21)11-10-16-7-4-3-5-8-16/h15-17,19H,3-14H2,1-2H3. The highest BCUT2D eigenvalue weighted by Gasteiger charge is 2.24. The van der Waals surface area contributed by atoms with Gasteiger partial charge in [0.25, 0.3) is 0 Å². The molecule has 3 heteroatoms. The van der Waals surface area contributed by atoms with Crippen molar-refractivity contribution < 1.29 is 4.79 Å². The van der Waals surface area contributed by atoms with Crippen molar-refractivity contribution >= 4 is 5.91 Å². The summed E-state index contributed by atoms with van der Waals surface area (Å²) in [7, 11) is 0. The summed E-state index contributed by atoms with van der Waals surface area (Å²) < 4.78 is 0. The van der Waals surface area contributed by atoms with Crippen molar-refractivity contribution in [3.05, 3.63) is 0 Å². The van der Waals surface area contributed by atoms with Gasteiger partial charge in [0.05, 0.1) is 0 Å². The van der Waals surface area contributed by atoms with Gasteiger partial charge in [0.15, 0.2) is 0 Å². The minimum Gasteiger partial charge on any atom is -0.342 e. The van der Waals surface area contributed by atoms with Crippen LogP contribution in [0.1, 0.15) is 71.6 Å². The number of rotatable bonds is 6. The van der Waals surface area contributed by atoms with Gasteiger partial charge in [-0.15, -0.1) is 0 Å². The van der Waals surface area contributed by atoms with Crippen LogP contribution in [0.2, 0.25) is 0 Å². The van der Waals surface area contributed by atoms with E-state index < -0.39 is 0 Å². The van der Waals surface area contributed by atoms with E-state index in [-0.39, 0.29) is 0 Å². The zero-order valence-corrected chi connectivity index (χ0v) is 14.1. The third kappa shape index (κ3) is 5.98. The van der Waals surface area contributed by atoms with Crippen molar-refractivity contribution in [3.8, 4) is 0 Å². The summed E-state index contributed by atoms with van der Waals surface area (Å²) >= 11 is 0. The van der Waals surface area contributed by atoms with Crippen molar-refractivity contribution in [2.75, 3.05) is 19.6 Å². The van der Waals surface area contributed by atoms with E-state index in [0.29, 0.717) is 17.9 Å². The molecular formula is C18H34N2O. The largest absolute Gasteiger partial charge is 0.342 e. The van der Waals surface area contributed by atoms with E-state index in [2.05, 4.69) is 24.1 Å². The number of hydrogen-bond acceptors (Lipinski definition) is 2. The maximum absolute atomic E-state index is 12.4. The van der Waals surface area contributed by atoms with Crippen LogP contribution in [0.5, 0.6) is 0 Å². The summed E-state index contributed by atoms with van der Waals surface area (Å²) in [5, 5.41) is 3.52. The number of piperidine rings is 1. The molecule has 0 aromatic rings. The van der Waals surface area contributed by atoms with Crippen LogP contribution in [-0.2, 0) is 4.79 Å². The van der Waals surface area contributed by atoms with Gasteiger partial charge in [-0.1, -0.05) is 46.0 Å². The Kier molecular flexibility index (Phi) is 7.01. The Bertz CT molecular complexity index is 310. The molecule has 0 aromatic carbocycles. The summed E-state index contributed by atoms with van der Waals surface area (Å²) in [6.07, 6.45) is 11.2. The number of likely N-dealkylation sites (tertiary alicyclic amines) is 1. The van der Waals surface area contributed by atoms with E-state index >= 15 is 0 Å². The molecule has 0 aromatic heterocycles. The molecule has 1 heterocycles. The number of carbonyl (C=O) groups is 1. The lowest BCUT2D eigenvalue weighted by atomic mass is 9.86. The molecule has 1 N–H and O–H groups in total. The van der Waals surface area contributed by atoms with Crippen LogP contribution in [0.15, 0.2) is 0 Å². The molecule has 1 saturated carbocycles. The van der Waals surface area contributed by atoms with Crippen LogP contribution in [0.3, 0.4) is 0 Å². The molecule has 0 radical (unpaired) electrons. The van der Waals surface area contributed by atoms with E-state index in [0.717, 1.165) is 38.4 Å². The Morgan fingerprint density at radius 3 is 2.52 bits per heavy atom. The van der Waals surface area contributed by atoms with E-state index in [1.54, 1.807) is 0 Å². The molecule has 1 aliphatic heterocycles. The first kappa shape index (κ1) is 16.8. The Balaban J connectivity index is 1.68. The molecule has 0 spiro atoms. The van der Waals surface area contributed by atoms with Gasteiger partial charge < -0.3 is 10.2 Å². The normalized spacial score (nSPS) is 24.5. The molecule has 1 aliphatic carbocycles. The first-order valence-electron chi connectivity index (χ1n) is 9.16. The topological polar surface area (TPSA) is 32.3 Å². The van der Waals surface area contributed by atoms with Gasteiger partial charge in [0, 0.05) is 25.6 Å². The van der Waals surface area contributed by atoms with Crippen LogP contribution in [0, 0.1) is 11.8 Å². The Hall–Kier alpha value is -0.570. The van der Waals surface area contributed by atoms with Crippen molar-refractivity contribution in [1.82, 2.24) is 10.2 Å². The monoisotopic (exact) mass is 294 g/mol. The molecule has 3 nitrogen and oxygen atoms in total. The second-order valence-electron chi connectivity index (χ2n) is 7.45. The van der Waals surface area contributed by atoms with Gasteiger partial charge in [0.2, 0.25) is 5.91 Å². The van der Waals surface area contributed by atoms with E-state index in [4.69, 9.17) is 0 Å². The molecule has 1 unspecified atom stereocenters. The lowest BCUT2D eigenvalue weighted by Crippen LogP contribution is -2.43. The fourth-order valence-corrected chi connectivity index (χ4v) is 3.82. The summed E-state index contributed by atoms with van der Waals surface area (Å²) in [6.45, 7) is 7.40. The maximum Gasteiger partial charge on any atom is 0.222 e. The Morgan fingerprint density at radius 1 is 1.10 bits per heavy atom. The van der Waals surface area contributed by atoms with Gasteiger partial charge >= 0.3 is 0 Å². The van der Waals surface area contributed by atoms with Crippen molar-refractivity contribution in [1.29, 1.82) is 0 Å². The van der Waals surface area contributed by atoms with Gasteiger partial charge in [-0.2, -0.15) is 0 Å². The first-order valence-corrected chi connectivity index (χ1v) is 9.16. The van der Waals surface area contributed by atoms with Gasteiger partial charge in [0.1, 0.15) is 0 Å². The molecule has 1 saturated heterocycles. The zero-order chi connectivity index (χ0) is 15.1. The van der Waals surface area contributed by atoms with Gasteiger partial charge in [-0.25, -0.2) is 0 Å². The second kappa shape index (κ2) is 8.77. The smallest absolute Gasteiger partial charge is 0.222 e. The van der Waals surface area contributed by atoms with Crippen molar-refractivity contribution in [3.63, 3.8) is 0 Å². The number of hydrogen-bond donors (Lipinski definition) is 1. The summed E-state index contributed by atoms with van der Waals surface area (Å²) in [6, 6.07) is 0.544. The van der Waals surface area contributed by atoms with Gasteiger partial charge in [-0.05, 0) is 37.6 Å². The van der Waals surface area contributed by atoms with E-state index in [1.165, 1.54) is 44.9 Å². The summed E-state index contributed by atoms with van der Waals surface area (Å²) in [5.74, 6) is 1.89. The molecular weight excluding hydrogens is 260 g/mol. The van der Waals surface area contributed by atoms with Crippen molar-refractivity contribution in [2.45, 2.75) is 77.7 Å². The number of nitrogens with one attached hydrogen (secondary N) is 1.